The Labute approximate surface area is 247 Å². The predicted octanol–water partition coefficient (Wildman–Crippen LogP) is 6.28. The van der Waals surface area contributed by atoms with E-state index >= 15 is 0 Å². The molecule has 8 nitrogen and oxygen atoms in total. The highest BCUT2D eigenvalue weighted by Crippen LogP contribution is 2.38. The molecule has 1 atom stereocenters. The molecule has 0 spiro atoms. The largest absolute Gasteiger partial charge is 0.297 e. The minimum absolute atomic E-state index is 0.00321. The van der Waals surface area contributed by atoms with Crippen LogP contribution in [0.15, 0.2) is 41.9 Å². The second kappa shape index (κ2) is 13.0. The van der Waals surface area contributed by atoms with Crippen molar-refractivity contribution in [2.24, 2.45) is 0 Å². The van der Waals surface area contributed by atoms with Crippen molar-refractivity contribution < 1.29 is 18.4 Å². The highest BCUT2D eigenvalue weighted by Gasteiger charge is 2.36. The molecule has 2 aliphatic rings. The topological polar surface area (TPSA) is 74.6 Å². The van der Waals surface area contributed by atoms with E-state index in [0.717, 1.165) is 36.9 Å². The van der Waals surface area contributed by atoms with Crippen LogP contribution in [0.3, 0.4) is 0 Å². The number of hydrogen-bond acceptors (Lipinski definition) is 6. The SMILES string of the molecule is CN(C(=O)C[C@H](CCN1CCCC(F)(F)C1)N(C=O)c1cc(-c2ccccc2Cl)n(C2CCCC2)n1)c1nccs1. The van der Waals surface area contributed by atoms with E-state index in [-0.39, 0.29) is 31.3 Å². The molecule has 0 N–H and O–H groups in total. The average molecular weight is 605 g/mol. The lowest BCUT2D eigenvalue weighted by atomic mass is 10.0. The maximum Gasteiger partial charge on any atom is 0.260 e. The summed E-state index contributed by atoms with van der Waals surface area (Å²) in [5.41, 5.74) is 1.63. The maximum absolute atomic E-state index is 14.1. The van der Waals surface area contributed by atoms with Crippen molar-refractivity contribution in [3.8, 4) is 11.3 Å². The summed E-state index contributed by atoms with van der Waals surface area (Å²) in [6.07, 6.45) is 7.10. The van der Waals surface area contributed by atoms with Gasteiger partial charge in [-0.15, -0.1) is 11.3 Å². The molecule has 0 unspecified atom stereocenters. The van der Waals surface area contributed by atoms with E-state index in [4.69, 9.17) is 16.7 Å². The standard InChI is InChI=1S/C29H35ClF2N6O2S/c1-35(28-33-13-16-41-28)27(40)17-22(11-15-36-14-6-12-29(31,32)19-36)37(20-39)26-18-25(23-9-4-5-10-24(23)30)38(34-26)21-7-2-3-8-21/h4-5,9-10,13,16,18,20-22H,2-3,6-8,11-12,14-15,17,19H2,1H3/t22-/m0/s1. The summed E-state index contributed by atoms with van der Waals surface area (Å²) in [6.45, 7) is 0.573. The van der Waals surface area contributed by atoms with Gasteiger partial charge in [0.05, 0.1) is 18.3 Å². The van der Waals surface area contributed by atoms with Crippen LogP contribution in [0, 0.1) is 0 Å². The smallest absolute Gasteiger partial charge is 0.260 e. The highest BCUT2D eigenvalue weighted by atomic mass is 35.5. The molecule has 12 heteroatoms. The number of nitrogens with zero attached hydrogens (tertiary/aromatic N) is 6. The number of piperidine rings is 1. The van der Waals surface area contributed by atoms with Gasteiger partial charge in [-0.05, 0) is 38.3 Å². The summed E-state index contributed by atoms with van der Waals surface area (Å²) < 4.78 is 30.2. The number of carbonyl (C=O) groups is 2. The minimum atomic E-state index is -2.73. The van der Waals surface area contributed by atoms with Crippen LogP contribution in [0.4, 0.5) is 19.7 Å². The lowest BCUT2D eigenvalue weighted by Gasteiger charge is -2.34. The van der Waals surface area contributed by atoms with E-state index in [1.54, 1.807) is 23.5 Å². The number of carbonyl (C=O) groups excluding carboxylic acids is 2. The Morgan fingerprint density at radius 1 is 1.27 bits per heavy atom. The van der Waals surface area contributed by atoms with Gasteiger partial charge in [-0.2, -0.15) is 5.10 Å². The van der Waals surface area contributed by atoms with Crippen LogP contribution in [0.25, 0.3) is 11.3 Å². The van der Waals surface area contributed by atoms with Gasteiger partial charge in [-0.1, -0.05) is 42.6 Å². The molecule has 1 aliphatic carbocycles. The number of halogens is 3. The zero-order valence-electron chi connectivity index (χ0n) is 23.1. The molecule has 2 fully saturated rings. The summed E-state index contributed by atoms with van der Waals surface area (Å²) in [7, 11) is 1.65. The van der Waals surface area contributed by atoms with E-state index in [1.807, 2.05) is 35.0 Å². The van der Waals surface area contributed by atoms with Gasteiger partial charge in [-0.3, -0.25) is 29.0 Å². The average Bonchev–Trinajstić information content (AvgIpc) is 3.73. The fourth-order valence-corrected chi connectivity index (χ4v) is 6.72. The summed E-state index contributed by atoms with van der Waals surface area (Å²) >= 11 is 7.93. The van der Waals surface area contributed by atoms with Crippen LogP contribution >= 0.6 is 22.9 Å². The van der Waals surface area contributed by atoms with Gasteiger partial charge in [0, 0.05) is 60.7 Å². The first kappa shape index (κ1) is 29.6. The van der Waals surface area contributed by atoms with Crippen LogP contribution in [-0.4, -0.2) is 70.6 Å². The normalized spacial score (nSPS) is 18.3. The van der Waals surface area contributed by atoms with E-state index in [0.29, 0.717) is 48.3 Å². The van der Waals surface area contributed by atoms with Gasteiger partial charge >= 0.3 is 0 Å². The quantitative estimate of drug-likeness (QED) is 0.241. The fourth-order valence-electron chi connectivity index (χ4n) is 5.87. The Morgan fingerprint density at radius 2 is 2.05 bits per heavy atom. The molecule has 3 heterocycles. The van der Waals surface area contributed by atoms with Gasteiger partial charge in [-0.25, -0.2) is 13.8 Å². The van der Waals surface area contributed by atoms with Crippen molar-refractivity contribution in [1.82, 2.24) is 19.7 Å². The van der Waals surface area contributed by atoms with Gasteiger partial charge in [0.2, 0.25) is 12.3 Å². The first-order valence-electron chi connectivity index (χ1n) is 14.1. The van der Waals surface area contributed by atoms with Gasteiger partial charge in [0.25, 0.3) is 5.92 Å². The molecular weight excluding hydrogens is 570 g/mol. The first-order chi connectivity index (χ1) is 19.8. The number of alkyl halides is 2. The van der Waals surface area contributed by atoms with Crippen molar-refractivity contribution in [3.63, 3.8) is 0 Å². The molecule has 1 saturated heterocycles. The zero-order chi connectivity index (χ0) is 29.0. The molecule has 1 aliphatic heterocycles. The maximum atomic E-state index is 14.1. The first-order valence-corrected chi connectivity index (χ1v) is 15.4. The summed E-state index contributed by atoms with van der Waals surface area (Å²) in [5.74, 6) is -2.54. The van der Waals surface area contributed by atoms with Crippen molar-refractivity contribution in [2.75, 3.05) is 36.5 Å². The van der Waals surface area contributed by atoms with E-state index in [1.165, 1.54) is 21.1 Å². The van der Waals surface area contributed by atoms with Crippen LogP contribution in [-0.2, 0) is 9.59 Å². The minimum Gasteiger partial charge on any atom is -0.297 e. The number of rotatable bonds is 11. The van der Waals surface area contributed by atoms with E-state index in [9.17, 15) is 18.4 Å². The molecule has 2 amide bonds. The van der Waals surface area contributed by atoms with Gasteiger partial charge in [0.15, 0.2) is 10.9 Å². The number of likely N-dealkylation sites (tertiary alicyclic amines) is 1. The molecule has 41 heavy (non-hydrogen) atoms. The molecule has 1 aromatic carbocycles. The second-order valence-electron chi connectivity index (χ2n) is 10.9. The monoisotopic (exact) mass is 604 g/mol. The van der Waals surface area contributed by atoms with E-state index in [2.05, 4.69) is 4.98 Å². The third kappa shape index (κ3) is 6.95. The van der Waals surface area contributed by atoms with Crippen LogP contribution < -0.4 is 9.80 Å². The fraction of sp³-hybridized carbons (Fsp3) is 0.517. The molecule has 2 aromatic heterocycles. The summed E-state index contributed by atoms with van der Waals surface area (Å²) in [5, 5.41) is 7.83. The third-order valence-corrected chi connectivity index (χ3v) is 9.23. The Kier molecular flexibility index (Phi) is 9.35. The predicted molar refractivity (Wildman–Crippen MR) is 158 cm³/mol. The number of benzene rings is 1. The molecule has 0 radical (unpaired) electrons. The van der Waals surface area contributed by atoms with Crippen molar-refractivity contribution >= 4 is 46.2 Å². The van der Waals surface area contributed by atoms with Crippen LogP contribution in [0.1, 0.15) is 57.4 Å². The summed E-state index contributed by atoms with van der Waals surface area (Å²) in [6, 6.07) is 8.97. The molecule has 220 valence electrons. The Balaban J connectivity index is 1.46. The number of anilines is 2. The van der Waals surface area contributed by atoms with Gasteiger partial charge < -0.3 is 0 Å². The number of aromatic nitrogens is 3. The van der Waals surface area contributed by atoms with Crippen LogP contribution in [0.5, 0.6) is 0 Å². The number of hydrogen-bond donors (Lipinski definition) is 0. The lowest BCUT2D eigenvalue weighted by molar-refractivity contribution is -0.118. The summed E-state index contributed by atoms with van der Waals surface area (Å²) in [4.78, 5) is 35.0. The van der Waals surface area contributed by atoms with E-state index < -0.39 is 12.0 Å². The molecule has 0 bridgehead atoms. The number of amides is 2. The molecule has 1 saturated carbocycles. The van der Waals surface area contributed by atoms with Crippen molar-refractivity contribution in [1.29, 1.82) is 0 Å². The van der Waals surface area contributed by atoms with Crippen LogP contribution in [0.2, 0.25) is 5.02 Å². The number of thiazole rings is 1. The Morgan fingerprint density at radius 3 is 2.73 bits per heavy atom. The second-order valence-corrected chi connectivity index (χ2v) is 12.2. The molecular formula is C29H35ClF2N6O2S. The lowest BCUT2D eigenvalue weighted by Crippen LogP contribution is -2.46. The highest BCUT2D eigenvalue weighted by molar-refractivity contribution is 7.13. The Bertz CT molecular complexity index is 1330. The van der Waals surface area contributed by atoms with Crippen molar-refractivity contribution in [3.05, 3.63) is 46.9 Å². The molecule has 3 aromatic rings. The zero-order valence-corrected chi connectivity index (χ0v) is 24.7. The van der Waals surface area contributed by atoms with Crippen molar-refractivity contribution in [2.45, 2.75) is 69.4 Å². The molecule has 5 rings (SSSR count). The Hall–Kier alpha value is -2.89. The van der Waals surface area contributed by atoms with Gasteiger partial charge in [0.1, 0.15) is 0 Å². The third-order valence-electron chi connectivity index (χ3n) is 8.06.